The molecule has 3 aromatic rings. The van der Waals surface area contributed by atoms with Gasteiger partial charge in [0.2, 0.25) is 0 Å². The molecule has 41 heavy (non-hydrogen) atoms. The van der Waals surface area contributed by atoms with Gasteiger partial charge >= 0.3 is 0 Å². The number of rotatable bonds is 12. The number of unbranched alkanes of at least 4 members (excludes halogenated alkanes) is 2. The lowest BCUT2D eigenvalue weighted by Crippen LogP contribution is -2.24. The normalized spacial score (nSPS) is 11.2. The Balaban J connectivity index is 0.000000883. The van der Waals surface area contributed by atoms with Gasteiger partial charge in [-0.05, 0) is 78.6 Å². The summed E-state index contributed by atoms with van der Waals surface area (Å²) in [4.78, 5) is 14.9. The third kappa shape index (κ3) is 11.1. The summed E-state index contributed by atoms with van der Waals surface area (Å²) in [6.07, 6.45) is 4.74. The molecule has 2 heterocycles. The van der Waals surface area contributed by atoms with E-state index in [2.05, 4.69) is 28.0 Å². The zero-order valence-electron chi connectivity index (χ0n) is 25.6. The van der Waals surface area contributed by atoms with E-state index in [1.54, 1.807) is 25.3 Å². The molecule has 0 aliphatic carbocycles. The lowest BCUT2D eigenvalue weighted by atomic mass is 10.1. The number of pyridine rings is 1. The van der Waals surface area contributed by atoms with Crippen molar-refractivity contribution in [3.05, 3.63) is 48.2 Å². The number of aromatic nitrogens is 3. The molecule has 0 bridgehead atoms. The van der Waals surface area contributed by atoms with E-state index in [0.29, 0.717) is 41.7 Å². The molecule has 9 nitrogen and oxygen atoms in total. The first-order chi connectivity index (χ1) is 19.4. The van der Waals surface area contributed by atoms with Gasteiger partial charge in [-0.1, -0.05) is 31.0 Å². The maximum absolute atomic E-state index is 10.4. The fourth-order valence-electron chi connectivity index (χ4n) is 3.36. The van der Waals surface area contributed by atoms with E-state index in [9.17, 15) is 10.1 Å². The van der Waals surface area contributed by atoms with Gasteiger partial charge in [0.1, 0.15) is 41.0 Å². The zero-order chi connectivity index (χ0) is 30.5. The van der Waals surface area contributed by atoms with Crippen molar-refractivity contribution in [3.63, 3.8) is 0 Å². The molecule has 1 aromatic carbocycles. The Hall–Kier alpha value is -3.55. The topological polar surface area (TPSA) is 114 Å². The Morgan fingerprint density at radius 3 is 2.27 bits per heavy atom. The largest absolute Gasteiger partial charge is 0.492 e. The van der Waals surface area contributed by atoms with Gasteiger partial charge in [-0.25, -0.2) is 9.67 Å². The summed E-state index contributed by atoms with van der Waals surface area (Å²) in [7, 11) is 1.71. The number of benzene rings is 1. The minimum atomic E-state index is -0.365. The van der Waals surface area contributed by atoms with Crippen LogP contribution in [0.5, 0.6) is 5.75 Å². The molecule has 0 unspecified atom stereocenters. The van der Waals surface area contributed by atoms with Crippen molar-refractivity contribution in [1.29, 1.82) is 5.26 Å². The number of anilines is 3. The number of hydrogen-bond acceptors (Lipinski definition) is 9. The lowest BCUT2D eigenvalue weighted by molar-refractivity contribution is -0.107. The monoisotopic (exact) mass is 580 g/mol. The summed E-state index contributed by atoms with van der Waals surface area (Å²) >= 11 is 1.63. The first-order valence-electron chi connectivity index (χ1n) is 13.8. The number of carbonyl (C=O) groups is 1. The molecule has 0 spiro atoms. The number of methoxy groups -OCH3 is 1. The van der Waals surface area contributed by atoms with E-state index >= 15 is 0 Å². The standard InChI is InChI=1S/C26H32N6O2S.C5H12O/c1-5-35-31-20-11-9-19(10-12-20)24-22(17-27)25(32(30-24)26(2,3)4)29-23-14-13-21(18-28-23)34-16-8-6-7-15-33;1-5(2,3)6-4/h9-15,18,31H,5-8,16H2,1-4H3,(H,28,29);1-4H3. The van der Waals surface area contributed by atoms with Crippen LogP contribution in [0.1, 0.15) is 73.3 Å². The number of aldehydes is 1. The van der Waals surface area contributed by atoms with Crippen LogP contribution in [0.15, 0.2) is 42.6 Å². The van der Waals surface area contributed by atoms with Crippen LogP contribution in [-0.4, -0.2) is 46.1 Å². The second kappa shape index (κ2) is 16.0. The number of nitrogens with zero attached hydrogens (tertiary/aromatic N) is 4. The van der Waals surface area contributed by atoms with Crippen molar-refractivity contribution in [2.75, 3.05) is 29.5 Å². The van der Waals surface area contributed by atoms with Crippen LogP contribution < -0.4 is 14.8 Å². The van der Waals surface area contributed by atoms with Crippen LogP contribution in [-0.2, 0) is 15.1 Å². The first kappa shape index (κ1) is 33.7. The second-order valence-electron chi connectivity index (χ2n) is 11.2. The van der Waals surface area contributed by atoms with E-state index in [0.717, 1.165) is 36.1 Å². The lowest BCUT2D eigenvalue weighted by Gasteiger charge is -2.22. The molecule has 3 rings (SSSR count). The fraction of sp³-hybridized carbons (Fsp3) is 0.484. The number of nitriles is 1. The molecule has 222 valence electrons. The van der Waals surface area contributed by atoms with Gasteiger partial charge in [-0.15, -0.1) is 0 Å². The summed E-state index contributed by atoms with van der Waals surface area (Å²) in [6.45, 7) is 14.8. The fourth-order valence-corrected chi connectivity index (χ4v) is 3.81. The van der Waals surface area contributed by atoms with Gasteiger partial charge in [0.15, 0.2) is 0 Å². The number of hydrogen-bond donors (Lipinski definition) is 2. The summed E-state index contributed by atoms with van der Waals surface area (Å²) in [5, 5.41) is 18.2. The highest BCUT2D eigenvalue weighted by atomic mass is 32.2. The van der Waals surface area contributed by atoms with Crippen molar-refractivity contribution in [3.8, 4) is 23.1 Å². The molecule has 0 fully saturated rings. The minimum Gasteiger partial charge on any atom is -0.492 e. The van der Waals surface area contributed by atoms with Crippen LogP contribution in [0.25, 0.3) is 11.3 Å². The Labute approximate surface area is 249 Å². The van der Waals surface area contributed by atoms with Crippen molar-refractivity contribution in [2.45, 2.75) is 78.9 Å². The van der Waals surface area contributed by atoms with Gasteiger partial charge < -0.3 is 24.3 Å². The molecular weight excluding hydrogens is 536 g/mol. The van der Waals surface area contributed by atoms with Gasteiger partial charge in [0, 0.05) is 30.5 Å². The average molecular weight is 581 g/mol. The van der Waals surface area contributed by atoms with Gasteiger partial charge in [-0.3, -0.25) is 0 Å². The number of carbonyl (C=O) groups excluding carboxylic acids is 1. The van der Waals surface area contributed by atoms with E-state index in [-0.39, 0.29) is 11.1 Å². The first-order valence-corrected chi connectivity index (χ1v) is 14.8. The van der Waals surface area contributed by atoms with Crippen molar-refractivity contribution in [2.24, 2.45) is 0 Å². The molecule has 0 saturated carbocycles. The van der Waals surface area contributed by atoms with Crippen molar-refractivity contribution >= 4 is 35.6 Å². The highest BCUT2D eigenvalue weighted by molar-refractivity contribution is 8.00. The molecule has 2 aromatic heterocycles. The van der Waals surface area contributed by atoms with E-state index in [4.69, 9.17) is 14.6 Å². The quantitative estimate of drug-likeness (QED) is 0.127. The van der Waals surface area contributed by atoms with Crippen LogP contribution in [0, 0.1) is 11.3 Å². The smallest absolute Gasteiger partial charge is 0.149 e. The maximum Gasteiger partial charge on any atom is 0.149 e. The van der Waals surface area contributed by atoms with Gasteiger partial charge in [0.25, 0.3) is 0 Å². The highest BCUT2D eigenvalue weighted by Crippen LogP contribution is 2.34. The minimum absolute atomic E-state index is 0.0417. The van der Waals surface area contributed by atoms with Crippen LogP contribution >= 0.6 is 11.9 Å². The van der Waals surface area contributed by atoms with Crippen LogP contribution in [0.3, 0.4) is 0 Å². The summed E-state index contributed by atoms with van der Waals surface area (Å²) in [5.74, 6) is 2.80. The molecule has 0 amide bonds. The molecule has 10 heteroatoms. The third-order valence-corrected chi connectivity index (χ3v) is 6.37. The molecular formula is C31H44N6O3S. The summed E-state index contributed by atoms with van der Waals surface area (Å²) < 4.78 is 15.7. The molecule has 2 N–H and O–H groups in total. The van der Waals surface area contributed by atoms with Crippen LogP contribution in [0.2, 0.25) is 0 Å². The van der Waals surface area contributed by atoms with Crippen molar-refractivity contribution < 1.29 is 14.3 Å². The predicted octanol–water partition coefficient (Wildman–Crippen LogP) is 7.57. The Morgan fingerprint density at radius 1 is 1.07 bits per heavy atom. The molecule has 0 saturated heterocycles. The van der Waals surface area contributed by atoms with Crippen molar-refractivity contribution in [1.82, 2.24) is 14.8 Å². The molecule has 0 atom stereocenters. The third-order valence-electron chi connectivity index (χ3n) is 5.71. The zero-order valence-corrected chi connectivity index (χ0v) is 26.4. The van der Waals surface area contributed by atoms with Gasteiger partial charge in [-0.2, -0.15) is 10.4 Å². The summed E-state index contributed by atoms with van der Waals surface area (Å²) in [6, 6.07) is 13.9. The predicted molar refractivity (Wildman–Crippen MR) is 169 cm³/mol. The van der Waals surface area contributed by atoms with E-state index in [1.165, 1.54) is 0 Å². The molecule has 0 aliphatic heterocycles. The average Bonchev–Trinajstić information content (AvgIpc) is 3.31. The van der Waals surface area contributed by atoms with Gasteiger partial charge in [0.05, 0.1) is 23.9 Å². The highest BCUT2D eigenvalue weighted by Gasteiger charge is 2.26. The Bertz CT molecular complexity index is 1250. The van der Waals surface area contributed by atoms with E-state index < -0.39 is 0 Å². The Morgan fingerprint density at radius 2 is 1.76 bits per heavy atom. The SMILES string of the molecule is CCSNc1ccc(-c2nn(C(C)(C)C)c(Nc3ccc(OCCCCC=O)cn3)c2C#N)cc1.COC(C)(C)C. The molecule has 0 radical (unpaired) electrons. The molecule has 0 aliphatic rings. The number of nitrogens with one attached hydrogen (secondary N) is 2. The second-order valence-corrected chi connectivity index (χ2v) is 12.3. The van der Waals surface area contributed by atoms with E-state index in [1.807, 2.05) is 82.6 Å². The maximum atomic E-state index is 10.4. The Kier molecular flexibility index (Phi) is 13.2. The number of ether oxygens (including phenoxy) is 2. The van der Waals surface area contributed by atoms with Crippen LogP contribution in [0.4, 0.5) is 17.3 Å². The summed E-state index contributed by atoms with van der Waals surface area (Å²) in [5.41, 5.74) is 2.63.